The molecule has 2 heteroatoms. The lowest BCUT2D eigenvalue weighted by atomic mass is 10.2. The van der Waals surface area contributed by atoms with Gasteiger partial charge < -0.3 is 10.7 Å². The lowest BCUT2D eigenvalue weighted by Gasteiger charge is -1.98. The van der Waals surface area contributed by atoms with E-state index in [1.165, 1.54) is 17.5 Å². The van der Waals surface area contributed by atoms with E-state index in [0.29, 0.717) is 0 Å². The van der Waals surface area contributed by atoms with Crippen molar-refractivity contribution < 1.29 is 0 Å². The maximum absolute atomic E-state index is 6.08. The first-order valence-corrected chi connectivity index (χ1v) is 3.94. The van der Waals surface area contributed by atoms with Gasteiger partial charge in [0, 0.05) is 12.7 Å². The van der Waals surface area contributed by atoms with Crippen molar-refractivity contribution in [2.45, 2.75) is 13.8 Å². The summed E-state index contributed by atoms with van der Waals surface area (Å²) < 4.78 is 0. The van der Waals surface area contributed by atoms with Crippen LogP contribution in [0.3, 0.4) is 0 Å². The van der Waals surface area contributed by atoms with Gasteiger partial charge in [0.15, 0.2) is 0 Å². The lowest BCUT2D eigenvalue weighted by Crippen LogP contribution is -1.86. The highest BCUT2D eigenvalue weighted by atomic mass is 14.8. The Hall–Kier alpha value is -1.31. The molecule has 0 saturated heterocycles. The molecule has 0 bridgehead atoms. The summed E-state index contributed by atoms with van der Waals surface area (Å²) in [7, 11) is 1.93. The van der Waals surface area contributed by atoms with E-state index >= 15 is 0 Å². The molecular formula is C10H16N2. The summed E-state index contributed by atoms with van der Waals surface area (Å²) in [6.45, 7) is 3.75. The topological polar surface area (TPSA) is 35.9 Å². The summed E-state index contributed by atoms with van der Waals surface area (Å²) in [5, 5.41) is 9.15. The maximum atomic E-state index is 6.08. The quantitative estimate of drug-likeness (QED) is 0.615. The molecule has 1 aromatic carbocycles. The molecule has 0 amide bonds. The average molecular weight is 164 g/mol. The molecule has 2 N–H and O–H groups in total. The zero-order valence-electron chi connectivity index (χ0n) is 7.89. The van der Waals surface area contributed by atoms with Crippen molar-refractivity contribution in [3.8, 4) is 0 Å². The molecule has 12 heavy (non-hydrogen) atoms. The molecule has 0 atom stereocenters. The van der Waals surface area contributed by atoms with Crippen molar-refractivity contribution in [3.63, 3.8) is 0 Å². The van der Waals surface area contributed by atoms with E-state index in [2.05, 4.69) is 24.4 Å². The van der Waals surface area contributed by atoms with Gasteiger partial charge in [-0.15, -0.1) is 0 Å². The van der Waals surface area contributed by atoms with Crippen LogP contribution in [0, 0.1) is 12.3 Å². The lowest BCUT2D eigenvalue weighted by molar-refractivity contribution is 1.43. The van der Waals surface area contributed by atoms with Crippen LogP contribution in [0.25, 0.3) is 0 Å². The van der Waals surface area contributed by atoms with E-state index in [4.69, 9.17) is 5.41 Å². The van der Waals surface area contributed by atoms with Crippen LogP contribution in [0.15, 0.2) is 24.3 Å². The van der Waals surface area contributed by atoms with Gasteiger partial charge in [0.2, 0.25) is 0 Å². The minimum atomic E-state index is 1.18. The highest BCUT2D eigenvalue weighted by Crippen LogP contribution is 2.07. The van der Waals surface area contributed by atoms with Crippen LogP contribution in [-0.2, 0) is 0 Å². The Morgan fingerprint density at radius 2 is 2.00 bits per heavy atom. The summed E-state index contributed by atoms with van der Waals surface area (Å²) in [4.78, 5) is 0. The van der Waals surface area contributed by atoms with Crippen LogP contribution in [0.1, 0.15) is 12.5 Å². The second-order valence-electron chi connectivity index (χ2n) is 2.41. The predicted octanol–water partition coefficient (Wildman–Crippen LogP) is 2.69. The number of hydrogen-bond acceptors (Lipinski definition) is 2. The van der Waals surface area contributed by atoms with E-state index in [9.17, 15) is 0 Å². The van der Waals surface area contributed by atoms with Crippen molar-refractivity contribution >= 4 is 11.9 Å². The van der Waals surface area contributed by atoms with E-state index < -0.39 is 0 Å². The van der Waals surface area contributed by atoms with E-state index in [1.807, 2.05) is 19.2 Å². The minimum Gasteiger partial charge on any atom is -0.388 e. The number of benzene rings is 1. The second-order valence-corrected chi connectivity index (χ2v) is 2.41. The number of hydrogen-bond donors (Lipinski definition) is 2. The zero-order chi connectivity index (χ0) is 9.40. The first kappa shape index (κ1) is 10.7. The molecule has 1 aromatic rings. The Labute approximate surface area is 74.1 Å². The number of nitrogens with one attached hydrogen (secondary N) is 2. The Morgan fingerprint density at radius 1 is 1.42 bits per heavy atom. The molecule has 0 radical (unpaired) electrons. The molecule has 0 aliphatic heterocycles. The van der Waals surface area contributed by atoms with Gasteiger partial charge >= 0.3 is 0 Å². The van der Waals surface area contributed by atoms with Gasteiger partial charge in [0.05, 0.1) is 0 Å². The summed E-state index contributed by atoms with van der Waals surface area (Å²) in [6, 6.07) is 8.29. The molecule has 66 valence electrons. The fourth-order valence-corrected chi connectivity index (χ4v) is 0.801. The fourth-order valence-electron chi connectivity index (χ4n) is 0.801. The average Bonchev–Trinajstić information content (AvgIpc) is 2.06. The highest BCUT2D eigenvalue weighted by molar-refractivity contribution is 5.48. The maximum Gasteiger partial charge on any atom is 0.0340 e. The SMILES string of the molecule is CC=N.CNc1cccc(C)c1. The van der Waals surface area contributed by atoms with Gasteiger partial charge in [-0.25, -0.2) is 0 Å². The molecule has 1 rings (SSSR count). The van der Waals surface area contributed by atoms with Crippen molar-refractivity contribution in [1.29, 1.82) is 5.41 Å². The van der Waals surface area contributed by atoms with Crippen LogP contribution < -0.4 is 5.32 Å². The Morgan fingerprint density at radius 3 is 2.33 bits per heavy atom. The Bertz CT molecular complexity index is 231. The molecule has 0 aliphatic carbocycles. The third-order valence-electron chi connectivity index (χ3n) is 1.31. The molecule has 0 unspecified atom stereocenters. The zero-order valence-corrected chi connectivity index (χ0v) is 7.89. The standard InChI is InChI=1S/C8H11N.C2H5N/c1-7-4-3-5-8(6-7)9-2;1-2-3/h3-6,9H,1-2H3;2-3H,1H3. The highest BCUT2D eigenvalue weighted by Gasteiger charge is 1.84. The van der Waals surface area contributed by atoms with Crippen molar-refractivity contribution in [3.05, 3.63) is 29.8 Å². The Kier molecular flexibility index (Phi) is 5.70. The molecule has 0 aliphatic rings. The summed E-state index contributed by atoms with van der Waals surface area (Å²) >= 11 is 0. The molecule has 0 heterocycles. The molecule has 2 nitrogen and oxygen atoms in total. The molecule has 0 saturated carbocycles. The second kappa shape index (κ2) is 6.40. The smallest absolute Gasteiger partial charge is 0.0340 e. The third-order valence-corrected chi connectivity index (χ3v) is 1.31. The fraction of sp³-hybridized carbons (Fsp3) is 0.300. The summed E-state index contributed by atoms with van der Waals surface area (Å²) in [5.74, 6) is 0. The van der Waals surface area contributed by atoms with Crippen molar-refractivity contribution in [1.82, 2.24) is 0 Å². The van der Waals surface area contributed by atoms with Crippen molar-refractivity contribution in [2.24, 2.45) is 0 Å². The van der Waals surface area contributed by atoms with E-state index in [1.54, 1.807) is 6.92 Å². The predicted molar refractivity (Wildman–Crippen MR) is 55.2 cm³/mol. The van der Waals surface area contributed by atoms with E-state index in [-0.39, 0.29) is 0 Å². The van der Waals surface area contributed by atoms with Crippen LogP contribution in [0.2, 0.25) is 0 Å². The molecule has 0 fully saturated rings. The largest absolute Gasteiger partial charge is 0.388 e. The minimum absolute atomic E-state index is 1.18. The van der Waals surface area contributed by atoms with Gasteiger partial charge in [0.1, 0.15) is 0 Å². The van der Waals surface area contributed by atoms with E-state index in [0.717, 1.165) is 0 Å². The molecular weight excluding hydrogens is 148 g/mol. The normalized spacial score (nSPS) is 7.92. The number of anilines is 1. The number of rotatable bonds is 1. The van der Waals surface area contributed by atoms with Gasteiger partial charge in [0.25, 0.3) is 0 Å². The van der Waals surface area contributed by atoms with Gasteiger partial charge in [-0.3, -0.25) is 0 Å². The monoisotopic (exact) mass is 164 g/mol. The first-order valence-electron chi connectivity index (χ1n) is 3.94. The number of aryl methyl sites for hydroxylation is 1. The van der Waals surface area contributed by atoms with Crippen LogP contribution in [-0.4, -0.2) is 13.3 Å². The summed E-state index contributed by atoms with van der Waals surface area (Å²) in [6.07, 6.45) is 1.25. The molecule has 0 spiro atoms. The van der Waals surface area contributed by atoms with Gasteiger partial charge in [-0.1, -0.05) is 12.1 Å². The summed E-state index contributed by atoms with van der Waals surface area (Å²) in [5.41, 5.74) is 2.47. The molecule has 0 aromatic heterocycles. The van der Waals surface area contributed by atoms with Gasteiger partial charge in [-0.2, -0.15) is 0 Å². The van der Waals surface area contributed by atoms with Crippen LogP contribution in [0.4, 0.5) is 5.69 Å². The van der Waals surface area contributed by atoms with Crippen molar-refractivity contribution in [2.75, 3.05) is 12.4 Å². The van der Waals surface area contributed by atoms with Crippen LogP contribution >= 0.6 is 0 Å². The third kappa shape index (κ3) is 4.50. The Balaban J connectivity index is 0.000000354. The van der Waals surface area contributed by atoms with Gasteiger partial charge in [-0.05, 0) is 37.8 Å². The first-order chi connectivity index (χ1) is 5.74. The van der Waals surface area contributed by atoms with Crippen LogP contribution in [0.5, 0.6) is 0 Å².